The molecule has 0 fully saturated rings. The molecule has 0 saturated carbocycles. The summed E-state index contributed by atoms with van der Waals surface area (Å²) in [4.78, 5) is 18.2. The van der Waals surface area contributed by atoms with E-state index >= 15 is 0 Å². The molecule has 0 saturated heterocycles. The van der Waals surface area contributed by atoms with Crippen LogP contribution in [0.15, 0.2) is 33.2 Å². The van der Waals surface area contributed by atoms with Gasteiger partial charge in [0.25, 0.3) is 0 Å². The van der Waals surface area contributed by atoms with Gasteiger partial charge in [-0.25, -0.2) is 0 Å². The summed E-state index contributed by atoms with van der Waals surface area (Å²) in [5, 5.41) is 11.7. The fraction of sp³-hybridized carbons (Fsp3) is 0.389. The Morgan fingerprint density at radius 1 is 1.15 bits per heavy atom. The zero-order valence-corrected chi connectivity index (χ0v) is 15.1. The summed E-state index contributed by atoms with van der Waals surface area (Å²) in [6.45, 7) is 4.02. The Bertz CT molecular complexity index is 886. The highest BCUT2D eigenvalue weighted by Crippen LogP contribution is 2.20. The van der Waals surface area contributed by atoms with Crippen LogP contribution in [0.3, 0.4) is 0 Å². The molecule has 0 radical (unpaired) electrons. The highest BCUT2D eigenvalue weighted by Gasteiger charge is 2.14. The molecule has 0 aliphatic heterocycles. The van der Waals surface area contributed by atoms with Crippen LogP contribution in [0.5, 0.6) is 0 Å². The van der Waals surface area contributed by atoms with Gasteiger partial charge in [0.05, 0.1) is 6.54 Å². The van der Waals surface area contributed by atoms with Crippen LogP contribution in [0, 0.1) is 13.8 Å². The summed E-state index contributed by atoms with van der Waals surface area (Å²) in [5.41, 5.74) is 2.04. The molecule has 2 aromatic heterocycles. The van der Waals surface area contributed by atoms with Crippen molar-refractivity contribution in [2.45, 2.75) is 39.7 Å². The van der Waals surface area contributed by atoms with Gasteiger partial charge in [-0.1, -0.05) is 29.4 Å². The molecule has 1 amide bonds. The number of aromatic nitrogens is 4. The minimum Gasteiger partial charge on any atom is -0.424 e. The van der Waals surface area contributed by atoms with Crippen LogP contribution < -0.4 is 0 Å². The Labute approximate surface area is 151 Å². The zero-order valence-electron chi connectivity index (χ0n) is 15.1. The molecular weight excluding hydrogens is 334 g/mol. The van der Waals surface area contributed by atoms with Crippen molar-refractivity contribution in [3.8, 4) is 11.4 Å². The summed E-state index contributed by atoms with van der Waals surface area (Å²) in [5.74, 6) is 2.03. The molecule has 0 N–H and O–H groups in total. The van der Waals surface area contributed by atoms with Crippen molar-refractivity contribution in [3.63, 3.8) is 0 Å². The maximum atomic E-state index is 12.2. The van der Waals surface area contributed by atoms with Crippen molar-refractivity contribution in [3.05, 3.63) is 47.5 Å². The molecule has 8 nitrogen and oxygen atoms in total. The van der Waals surface area contributed by atoms with Crippen molar-refractivity contribution in [2.24, 2.45) is 0 Å². The Hall–Kier alpha value is -3.03. The third-order valence-corrected chi connectivity index (χ3v) is 4.00. The Kier molecular flexibility index (Phi) is 5.40. The number of benzene rings is 1. The van der Waals surface area contributed by atoms with Gasteiger partial charge in [-0.3, -0.25) is 4.79 Å². The third-order valence-electron chi connectivity index (χ3n) is 4.00. The second kappa shape index (κ2) is 7.90. The van der Waals surface area contributed by atoms with Crippen molar-refractivity contribution in [1.29, 1.82) is 0 Å². The minimum absolute atomic E-state index is 0.000467. The van der Waals surface area contributed by atoms with Crippen molar-refractivity contribution < 1.29 is 13.7 Å². The minimum atomic E-state index is -0.000467. The first kappa shape index (κ1) is 17.8. The lowest BCUT2D eigenvalue weighted by Gasteiger charge is -2.14. The van der Waals surface area contributed by atoms with Gasteiger partial charge in [-0.2, -0.15) is 4.98 Å². The standard InChI is InChI=1S/C18H21N5O3/c1-12-7-4-5-8-14(12)18-19-15(26-22-18)9-6-10-17(24)23(3)11-16-21-20-13(2)25-16/h4-5,7-8H,6,9-11H2,1-3H3. The molecule has 0 bridgehead atoms. The average molecular weight is 355 g/mol. The van der Waals surface area contributed by atoms with Crippen molar-refractivity contribution in [1.82, 2.24) is 25.2 Å². The van der Waals surface area contributed by atoms with E-state index in [4.69, 9.17) is 8.94 Å². The van der Waals surface area contributed by atoms with Crippen molar-refractivity contribution >= 4 is 5.91 Å². The lowest BCUT2D eigenvalue weighted by molar-refractivity contribution is -0.130. The molecule has 0 atom stereocenters. The molecule has 2 heterocycles. The number of carbonyl (C=O) groups excluding carboxylic acids is 1. The second-order valence-electron chi connectivity index (χ2n) is 6.14. The SMILES string of the molecule is Cc1nnc(CN(C)C(=O)CCCc2nc(-c3ccccc3C)no2)o1. The number of rotatable bonds is 7. The van der Waals surface area contributed by atoms with E-state index in [1.54, 1.807) is 18.9 Å². The molecule has 0 unspecified atom stereocenters. The lowest BCUT2D eigenvalue weighted by atomic mass is 10.1. The normalized spacial score (nSPS) is 10.9. The number of carbonyl (C=O) groups is 1. The van der Waals surface area contributed by atoms with Gasteiger partial charge in [0.2, 0.25) is 29.4 Å². The van der Waals surface area contributed by atoms with E-state index in [-0.39, 0.29) is 5.91 Å². The highest BCUT2D eigenvalue weighted by atomic mass is 16.5. The van der Waals surface area contributed by atoms with E-state index in [1.807, 2.05) is 31.2 Å². The van der Waals surface area contributed by atoms with E-state index in [2.05, 4.69) is 20.3 Å². The maximum absolute atomic E-state index is 12.2. The fourth-order valence-electron chi connectivity index (χ4n) is 2.56. The van der Waals surface area contributed by atoms with E-state index in [0.29, 0.717) is 49.3 Å². The monoisotopic (exact) mass is 355 g/mol. The summed E-state index contributed by atoms with van der Waals surface area (Å²) < 4.78 is 10.6. The lowest BCUT2D eigenvalue weighted by Crippen LogP contribution is -2.26. The Balaban J connectivity index is 1.49. The summed E-state index contributed by atoms with van der Waals surface area (Å²) in [6.07, 6.45) is 1.56. The smallest absolute Gasteiger partial charge is 0.235 e. The largest absolute Gasteiger partial charge is 0.424 e. The molecular formula is C18H21N5O3. The quantitative estimate of drug-likeness (QED) is 0.642. The number of nitrogens with zero attached hydrogens (tertiary/aromatic N) is 5. The molecule has 0 aliphatic rings. The van der Waals surface area contributed by atoms with Crippen LogP contribution in [0.2, 0.25) is 0 Å². The van der Waals surface area contributed by atoms with Gasteiger partial charge in [0, 0.05) is 32.4 Å². The number of hydrogen-bond acceptors (Lipinski definition) is 7. The number of hydrogen-bond donors (Lipinski definition) is 0. The van der Waals surface area contributed by atoms with Gasteiger partial charge in [-0.05, 0) is 18.9 Å². The highest BCUT2D eigenvalue weighted by molar-refractivity contribution is 5.75. The molecule has 3 rings (SSSR count). The summed E-state index contributed by atoms with van der Waals surface area (Å²) >= 11 is 0. The van der Waals surface area contributed by atoms with Crippen LogP contribution in [-0.2, 0) is 17.8 Å². The third kappa shape index (κ3) is 4.33. The molecule has 1 aromatic carbocycles. The van der Waals surface area contributed by atoms with E-state index in [0.717, 1.165) is 11.1 Å². The summed E-state index contributed by atoms with van der Waals surface area (Å²) in [6, 6.07) is 7.88. The molecule has 0 aliphatic carbocycles. The van der Waals surface area contributed by atoms with Gasteiger partial charge >= 0.3 is 0 Å². The predicted octanol–water partition coefficient (Wildman–Crippen LogP) is 2.72. The maximum Gasteiger partial charge on any atom is 0.235 e. The fourth-order valence-corrected chi connectivity index (χ4v) is 2.56. The molecule has 8 heteroatoms. The Morgan fingerprint density at radius 3 is 2.69 bits per heavy atom. The van der Waals surface area contributed by atoms with E-state index in [1.165, 1.54) is 0 Å². The predicted molar refractivity (Wildman–Crippen MR) is 92.9 cm³/mol. The van der Waals surface area contributed by atoms with Gasteiger partial charge in [0.1, 0.15) is 0 Å². The average Bonchev–Trinajstić information content (AvgIpc) is 3.24. The van der Waals surface area contributed by atoms with Crippen LogP contribution >= 0.6 is 0 Å². The first-order chi connectivity index (χ1) is 12.5. The second-order valence-corrected chi connectivity index (χ2v) is 6.14. The summed E-state index contributed by atoms with van der Waals surface area (Å²) in [7, 11) is 1.71. The topological polar surface area (TPSA) is 98.2 Å². The van der Waals surface area contributed by atoms with Crippen LogP contribution in [0.4, 0.5) is 0 Å². The van der Waals surface area contributed by atoms with E-state index in [9.17, 15) is 4.79 Å². The van der Waals surface area contributed by atoms with Gasteiger partial charge in [-0.15, -0.1) is 10.2 Å². The first-order valence-electron chi connectivity index (χ1n) is 8.44. The Morgan fingerprint density at radius 2 is 1.96 bits per heavy atom. The van der Waals surface area contributed by atoms with E-state index < -0.39 is 0 Å². The molecule has 0 spiro atoms. The number of amides is 1. The van der Waals surface area contributed by atoms with Gasteiger partial charge in [0.15, 0.2) is 0 Å². The molecule has 26 heavy (non-hydrogen) atoms. The van der Waals surface area contributed by atoms with Crippen LogP contribution in [-0.4, -0.2) is 38.2 Å². The van der Waals surface area contributed by atoms with Crippen LogP contribution in [0.1, 0.15) is 36.1 Å². The van der Waals surface area contributed by atoms with Crippen molar-refractivity contribution in [2.75, 3.05) is 7.05 Å². The number of aryl methyl sites for hydroxylation is 3. The van der Waals surface area contributed by atoms with Gasteiger partial charge < -0.3 is 13.8 Å². The molecule has 136 valence electrons. The zero-order chi connectivity index (χ0) is 18.5. The molecule has 3 aromatic rings. The first-order valence-corrected chi connectivity index (χ1v) is 8.44. The van der Waals surface area contributed by atoms with Crippen LogP contribution in [0.25, 0.3) is 11.4 Å².